The summed E-state index contributed by atoms with van der Waals surface area (Å²) >= 11 is 0.118. The zero-order valence-corrected chi connectivity index (χ0v) is 8.34. The molecule has 1 rings (SSSR count). The second kappa shape index (κ2) is 4.56. The molecule has 0 bridgehead atoms. The zero-order chi connectivity index (χ0) is 9.14. The molecular weight excluding hydrogens is 227 g/mol. The van der Waals surface area contributed by atoms with E-state index in [2.05, 4.69) is 0 Å². The molecule has 1 fully saturated rings. The summed E-state index contributed by atoms with van der Waals surface area (Å²) in [4.78, 5) is -0.232. The van der Waals surface area contributed by atoms with Gasteiger partial charge >= 0.3 is 76.9 Å². The second-order valence-electron chi connectivity index (χ2n) is 2.93. The molecule has 1 aliphatic heterocycles. The van der Waals surface area contributed by atoms with E-state index in [1.165, 1.54) is 0 Å². The van der Waals surface area contributed by atoms with Gasteiger partial charge in [0.15, 0.2) is 0 Å². The number of hydrogen-bond donors (Lipinski definition) is 4. The molecule has 1 aliphatic rings. The summed E-state index contributed by atoms with van der Waals surface area (Å²) in [6.07, 6.45) is -2.37. The first-order chi connectivity index (χ1) is 5.66. The van der Waals surface area contributed by atoms with Gasteiger partial charge < -0.3 is 0 Å². The first-order valence-corrected chi connectivity index (χ1v) is 6.13. The molecule has 4 N–H and O–H groups in total. The predicted octanol–water partition coefficient (Wildman–Crippen LogP) is -1.62. The van der Waals surface area contributed by atoms with Crippen molar-refractivity contribution in [2.24, 2.45) is 0 Å². The van der Waals surface area contributed by atoms with Crippen molar-refractivity contribution in [1.29, 1.82) is 0 Å². The number of rotatable bonds is 1. The molecule has 0 radical (unpaired) electrons. The zero-order valence-electron chi connectivity index (χ0n) is 6.63. The Bertz CT molecular complexity index is 141. The first-order valence-electron chi connectivity index (χ1n) is 3.93. The normalized spacial score (nSPS) is 44.0. The minimum atomic E-state index is -1.09. The van der Waals surface area contributed by atoms with E-state index in [1.54, 1.807) is 0 Å². The van der Waals surface area contributed by atoms with E-state index in [-0.39, 0.29) is 26.4 Å². The third-order valence-corrected chi connectivity index (χ3v) is 4.84. The molecule has 4 atom stereocenters. The SMILES string of the molecule is OCC1[Se]CCC(O)C(O)C1O. The Balaban J connectivity index is 2.59. The van der Waals surface area contributed by atoms with E-state index in [0.717, 1.165) is 5.32 Å². The van der Waals surface area contributed by atoms with Gasteiger partial charge in [-0.1, -0.05) is 0 Å². The van der Waals surface area contributed by atoms with E-state index < -0.39 is 18.3 Å². The van der Waals surface area contributed by atoms with Crippen LogP contribution in [0.3, 0.4) is 0 Å². The fraction of sp³-hybridized carbons (Fsp3) is 1.00. The van der Waals surface area contributed by atoms with E-state index >= 15 is 0 Å². The van der Waals surface area contributed by atoms with Gasteiger partial charge in [-0.25, -0.2) is 0 Å². The molecule has 0 spiro atoms. The molecule has 0 saturated carbocycles. The van der Waals surface area contributed by atoms with Gasteiger partial charge in [0, 0.05) is 0 Å². The number of aliphatic hydroxyl groups excluding tert-OH is 4. The average Bonchev–Trinajstić information content (AvgIpc) is 2.19. The summed E-state index contributed by atoms with van der Waals surface area (Å²) in [5.41, 5.74) is 0. The van der Waals surface area contributed by atoms with Gasteiger partial charge in [-0.05, 0) is 0 Å². The molecule has 0 aromatic carbocycles. The van der Waals surface area contributed by atoms with Crippen molar-refractivity contribution in [3.8, 4) is 0 Å². The van der Waals surface area contributed by atoms with Crippen LogP contribution in [-0.4, -0.2) is 60.3 Å². The van der Waals surface area contributed by atoms with Crippen LogP contribution in [0.2, 0.25) is 10.1 Å². The van der Waals surface area contributed by atoms with Crippen LogP contribution in [0.25, 0.3) is 0 Å². The van der Waals surface area contributed by atoms with Gasteiger partial charge in [0.25, 0.3) is 0 Å². The van der Waals surface area contributed by atoms with Crippen molar-refractivity contribution >= 4 is 15.0 Å². The van der Waals surface area contributed by atoms with Crippen molar-refractivity contribution < 1.29 is 20.4 Å². The van der Waals surface area contributed by atoms with E-state index in [1.807, 2.05) is 0 Å². The van der Waals surface area contributed by atoms with Crippen LogP contribution in [0, 0.1) is 0 Å². The van der Waals surface area contributed by atoms with Crippen molar-refractivity contribution in [2.45, 2.75) is 34.9 Å². The summed E-state index contributed by atoms with van der Waals surface area (Å²) in [5.74, 6) is 0. The van der Waals surface area contributed by atoms with Crippen LogP contribution in [-0.2, 0) is 0 Å². The van der Waals surface area contributed by atoms with Gasteiger partial charge in [0.05, 0.1) is 0 Å². The summed E-state index contributed by atoms with van der Waals surface area (Å²) in [6.45, 7) is -0.106. The van der Waals surface area contributed by atoms with Crippen LogP contribution in [0.1, 0.15) is 6.42 Å². The van der Waals surface area contributed by atoms with Gasteiger partial charge in [0.2, 0.25) is 0 Å². The summed E-state index contributed by atoms with van der Waals surface area (Å²) < 4.78 is 0. The Labute approximate surface area is 77.4 Å². The maximum atomic E-state index is 9.43. The molecular formula is C7H14O4Se. The molecule has 4 nitrogen and oxygen atoms in total. The Morgan fingerprint density at radius 3 is 2.42 bits per heavy atom. The molecule has 4 unspecified atom stereocenters. The summed E-state index contributed by atoms with van der Waals surface area (Å²) in [5, 5.41) is 37.7. The van der Waals surface area contributed by atoms with E-state index in [0.29, 0.717) is 6.42 Å². The summed E-state index contributed by atoms with van der Waals surface area (Å²) in [7, 11) is 0. The van der Waals surface area contributed by atoms with Crippen LogP contribution in [0.4, 0.5) is 0 Å². The molecule has 0 aliphatic carbocycles. The molecule has 1 saturated heterocycles. The number of hydrogen-bond acceptors (Lipinski definition) is 4. The van der Waals surface area contributed by atoms with Crippen LogP contribution in [0.5, 0.6) is 0 Å². The third kappa shape index (κ3) is 2.19. The van der Waals surface area contributed by atoms with Crippen LogP contribution >= 0.6 is 0 Å². The van der Waals surface area contributed by atoms with Crippen molar-refractivity contribution in [1.82, 2.24) is 0 Å². The molecule has 1 heterocycles. The first kappa shape index (κ1) is 10.4. The molecule has 0 aromatic heterocycles. The second-order valence-corrected chi connectivity index (χ2v) is 5.76. The molecule has 72 valence electrons. The van der Waals surface area contributed by atoms with E-state index in [9.17, 15) is 15.3 Å². The monoisotopic (exact) mass is 242 g/mol. The third-order valence-electron chi connectivity index (χ3n) is 2.05. The van der Waals surface area contributed by atoms with Gasteiger partial charge in [-0.15, -0.1) is 0 Å². The van der Waals surface area contributed by atoms with Crippen molar-refractivity contribution in [3.05, 3.63) is 0 Å². The van der Waals surface area contributed by atoms with Crippen molar-refractivity contribution in [3.63, 3.8) is 0 Å². The Hall–Kier alpha value is 0.359. The fourth-order valence-electron chi connectivity index (χ4n) is 1.22. The van der Waals surface area contributed by atoms with Gasteiger partial charge in [-0.2, -0.15) is 0 Å². The Morgan fingerprint density at radius 2 is 1.83 bits per heavy atom. The maximum absolute atomic E-state index is 9.43. The quantitative estimate of drug-likeness (QED) is 0.416. The molecule has 12 heavy (non-hydrogen) atoms. The van der Waals surface area contributed by atoms with Gasteiger partial charge in [-0.3, -0.25) is 0 Å². The fourth-order valence-corrected chi connectivity index (χ4v) is 3.62. The predicted molar refractivity (Wildman–Crippen MR) is 44.0 cm³/mol. The minimum absolute atomic E-state index is 0.106. The van der Waals surface area contributed by atoms with Gasteiger partial charge in [0.1, 0.15) is 0 Å². The molecule has 0 aromatic rings. The average molecular weight is 241 g/mol. The topological polar surface area (TPSA) is 80.9 Å². The van der Waals surface area contributed by atoms with E-state index in [4.69, 9.17) is 5.11 Å². The Morgan fingerprint density at radius 1 is 1.17 bits per heavy atom. The van der Waals surface area contributed by atoms with Crippen molar-refractivity contribution in [2.75, 3.05) is 6.61 Å². The summed E-state index contributed by atoms with van der Waals surface area (Å²) in [6, 6.07) is 0. The van der Waals surface area contributed by atoms with Crippen LogP contribution in [0.15, 0.2) is 0 Å². The standard InChI is InChI=1S/C7H14O4Se/c8-3-5-7(11)6(10)4(9)1-2-12-5/h4-11H,1-3H2. The molecule has 0 amide bonds. The van der Waals surface area contributed by atoms with Crippen LogP contribution < -0.4 is 0 Å². The number of aliphatic hydroxyl groups is 4. The molecule has 5 heteroatoms. The Kier molecular flexibility index (Phi) is 3.96.